The van der Waals surface area contributed by atoms with Crippen molar-refractivity contribution in [2.45, 2.75) is 45.3 Å². The molecule has 3 N–H and O–H groups in total. The fraction of sp³-hybridized carbons (Fsp3) is 0.579. The number of hydrogen-bond acceptors (Lipinski definition) is 4. The maximum Gasteiger partial charge on any atom is 0.322 e. The summed E-state index contributed by atoms with van der Waals surface area (Å²) in [6, 6.07) is 5.70. The van der Waals surface area contributed by atoms with Crippen LogP contribution in [0, 0.1) is 19.8 Å². The zero-order valence-electron chi connectivity index (χ0n) is 15.1. The first-order valence-corrected chi connectivity index (χ1v) is 8.91. The summed E-state index contributed by atoms with van der Waals surface area (Å²) in [5.74, 6) is -0.210. The highest BCUT2D eigenvalue weighted by atomic mass is 16.3. The first kappa shape index (κ1) is 17.9. The van der Waals surface area contributed by atoms with Gasteiger partial charge in [-0.05, 0) is 51.3 Å². The predicted molar refractivity (Wildman–Crippen MR) is 95.1 cm³/mol. The van der Waals surface area contributed by atoms with Gasteiger partial charge in [-0.15, -0.1) is 0 Å². The zero-order chi connectivity index (χ0) is 18.2. The number of nitrogens with zero attached hydrogens (tertiary/aromatic N) is 1. The fourth-order valence-corrected chi connectivity index (χ4v) is 4.00. The number of nitrogens with one attached hydrogen (secondary N) is 2. The Morgan fingerprint density at radius 2 is 2.12 bits per heavy atom. The molecule has 0 aliphatic carbocycles. The lowest BCUT2D eigenvalue weighted by Gasteiger charge is -2.40. The van der Waals surface area contributed by atoms with Gasteiger partial charge in [-0.1, -0.05) is 23.8 Å². The SMILES string of the molecule is Cc1ccc(C)c(C(O)CN2CCCC(C3(C)NC(=O)NC3=O)C2)c1. The lowest BCUT2D eigenvalue weighted by atomic mass is 9.80. The quantitative estimate of drug-likeness (QED) is 0.725. The predicted octanol–water partition coefficient (Wildman–Crippen LogP) is 1.65. The Hall–Kier alpha value is -1.92. The van der Waals surface area contributed by atoms with Crippen LogP contribution < -0.4 is 10.6 Å². The van der Waals surface area contributed by atoms with Gasteiger partial charge in [0.1, 0.15) is 5.54 Å². The van der Waals surface area contributed by atoms with Crippen molar-refractivity contribution in [2.75, 3.05) is 19.6 Å². The maximum atomic E-state index is 12.2. The molecule has 2 saturated heterocycles. The third kappa shape index (κ3) is 3.55. The van der Waals surface area contributed by atoms with Gasteiger partial charge in [0.05, 0.1) is 6.10 Å². The van der Waals surface area contributed by atoms with Crippen molar-refractivity contribution in [1.29, 1.82) is 0 Å². The highest BCUT2D eigenvalue weighted by Gasteiger charge is 2.48. The average molecular weight is 345 g/mol. The van der Waals surface area contributed by atoms with Gasteiger partial charge < -0.3 is 15.3 Å². The average Bonchev–Trinajstić information content (AvgIpc) is 2.83. The van der Waals surface area contributed by atoms with E-state index in [1.807, 2.05) is 32.0 Å². The molecule has 3 atom stereocenters. The molecule has 2 fully saturated rings. The van der Waals surface area contributed by atoms with Gasteiger partial charge in [0.25, 0.3) is 5.91 Å². The van der Waals surface area contributed by atoms with Crippen LogP contribution in [0.25, 0.3) is 0 Å². The number of carbonyl (C=O) groups excluding carboxylic acids is 2. The first-order valence-electron chi connectivity index (χ1n) is 8.91. The molecule has 25 heavy (non-hydrogen) atoms. The Labute approximate surface area is 148 Å². The highest BCUT2D eigenvalue weighted by Crippen LogP contribution is 2.31. The second-order valence-corrected chi connectivity index (χ2v) is 7.59. The van der Waals surface area contributed by atoms with Crippen LogP contribution in [0.4, 0.5) is 4.79 Å². The summed E-state index contributed by atoms with van der Waals surface area (Å²) >= 11 is 0. The largest absolute Gasteiger partial charge is 0.387 e. The van der Waals surface area contributed by atoms with E-state index < -0.39 is 17.7 Å². The zero-order valence-corrected chi connectivity index (χ0v) is 15.1. The molecule has 3 unspecified atom stereocenters. The number of aryl methyl sites for hydroxylation is 2. The van der Waals surface area contributed by atoms with Gasteiger partial charge in [0.2, 0.25) is 0 Å². The van der Waals surface area contributed by atoms with Crippen molar-refractivity contribution in [3.05, 3.63) is 34.9 Å². The van der Waals surface area contributed by atoms with Crippen LogP contribution in [0.3, 0.4) is 0 Å². The number of amides is 3. The number of benzene rings is 1. The molecule has 6 nitrogen and oxygen atoms in total. The molecule has 0 radical (unpaired) electrons. The molecule has 2 aliphatic rings. The second-order valence-electron chi connectivity index (χ2n) is 7.59. The number of aliphatic hydroxyl groups is 1. The molecular weight excluding hydrogens is 318 g/mol. The van der Waals surface area contributed by atoms with Crippen LogP contribution >= 0.6 is 0 Å². The van der Waals surface area contributed by atoms with Crippen molar-refractivity contribution in [2.24, 2.45) is 5.92 Å². The molecule has 2 aliphatic heterocycles. The normalized spacial score (nSPS) is 28.6. The Morgan fingerprint density at radius 1 is 1.36 bits per heavy atom. The van der Waals surface area contributed by atoms with E-state index >= 15 is 0 Å². The Bertz CT molecular complexity index is 690. The number of β-amino-alcohol motifs (C(OH)–C–C–N with tert-alkyl or cyclic N) is 1. The summed E-state index contributed by atoms with van der Waals surface area (Å²) in [6.07, 6.45) is 1.28. The maximum absolute atomic E-state index is 12.2. The number of likely N-dealkylation sites (tertiary alicyclic amines) is 1. The Morgan fingerprint density at radius 3 is 2.80 bits per heavy atom. The number of rotatable bonds is 4. The molecule has 1 aromatic carbocycles. The minimum absolute atomic E-state index is 0.0403. The van der Waals surface area contributed by atoms with Crippen LogP contribution in [-0.2, 0) is 4.79 Å². The number of piperidine rings is 1. The summed E-state index contributed by atoms with van der Waals surface area (Å²) in [5.41, 5.74) is 2.32. The number of hydrogen-bond donors (Lipinski definition) is 3. The summed E-state index contributed by atoms with van der Waals surface area (Å²) in [7, 11) is 0. The van der Waals surface area contributed by atoms with Crippen molar-refractivity contribution < 1.29 is 14.7 Å². The van der Waals surface area contributed by atoms with Crippen molar-refractivity contribution in [3.63, 3.8) is 0 Å². The van der Waals surface area contributed by atoms with E-state index in [0.717, 1.165) is 36.1 Å². The number of imide groups is 1. The van der Waals surface area contributed by atoms with Crippen LogP contribution in [0.5, 0.6) is 0 Å². The van der Waals surface area contributed by atoms with E-state index in [-0.39, 0.29) is 11.8 Å². The molecule has 0 aromatic heterocycles. The molecule has 3 rings (SSSR count). The van der Waals surface area contributed by atoms with E-state index in [1.54, 1.807) is 6.92 Å². The van der Waals surface area contributed by atoms with E-state index in [9.17, 15) is 14.7 Å². The van der Waals surface area contributed by atoms with Crippen LogP contribution in [0.15, 0.2) is 18.2 Å². The van der Waals surface area contributed by atoms with Gasteiger partial charge in [0, 0.05) is 19.0 Å². The van der Waals surface area contributed by atoms with E-state index in [2.05, 4.69) is 15.5 Å². The molecule has 0 bridgehead atoms. The molecule has 0 spiro atoms. The molecular formula is C19H27N3O3. The third-order valence-corrected chi connectivity index (χ3v) is 5.62. The Kier molecular flexibility index (Phi) is 4.84. The van der Waals surface area contributed by atoms with E-state index in [0.29, 0.717) is 13.1 Å². The van der Waals surface area contributed by atoms with E-state index in [4.69, 9.17) is 0 Å². The monoisotopic (exact) mass is 345 g/mol. The molecule has 136 valence electrons. The summed E-state index contributed by atoms with van der Waals surface area (Å²) in [6.45, 7) is 7.94. The highest BCUT2D eigenvalue weighted by molar-refractivity contribution is 6.06. The minimum atomic E-state index is -0.861. The van der Waals surface area contributed by atoms with Crippen LogP contribution in [-0.4, -0.2) is 47.1 Å². The molecule has 1 aromatic rings. The van der Waals surface area contributed by atoms with Gasteiger partial charge in [-0.3, -0.25) is 10.1 Å². The molecule has 2 heterocycles. The molecule has 3 amide bonds. The number of urea groups is 1. The lowest BCUT2D eigenvalue weighted by molar-refractivity contribution is -0.126. The molecule has 6 heteroatoms. The number of carbonyl (C=O) groups is 2. The van der Waals surface area contributed by atoms with E-state index in [1.165, 1.54) is 0 Å². The third-order valence-electron chi connectivity index (χ3n) is 5.62. The standard InChI is InChI=1S/C19H27N3O3/c1-12-6-7-13(2)15(9-12)16(23)11-22-8-4-5-14(10-22)19(3)17(24)20-18(25)21-19/h6-7,9,14,16,23H,4-5,8,10-11H2,1-3H3,(H2,20,21,24,25). The summed E-state index contributed by atoms with van der Waals surface area (Å²) < 4.78 is 0. The van der Waals surface area contributed by atoms with Crippen molar-refractivity contribution in [3.8, 4) is 0 Å². The lowest BCUT2D eigenvalue weighted by Crippen LogP contribution is -2.56. The smallest absolute Gasteiger partial charge is 0.322 e. The van der Waals surface area contributed by atoms with Crippen LogP contribution in [0.1, 0.15) is 42.6 Å². The summed E-state index contributed by atoms with van der Waals surface area (Å²) in [4.78, 5) is 25.9. The van der Waals surface area contributed by atoms with Gasteiger partial charge >= 0.3 is 6.03 Å². The van der Waals surface area contributed by atoms with Gasteiger partial charge in [-0.25, -0.2) is 4.79 Å². The Balaban J connectivity index is 1.68. The second kappa shape index (κ2) is 6.77. The molecule has 0 saturated carbocycles. The number of aliphatic hydroxyl groups excluding tert-OH is 1. The minimum Gasteiger partial charge on any atom is -0.387 e. The van der Waals surface area contributed by atoms with Gasteiger partial charge in [-0.2, -0.15) is 0 Å². The summed E-state index contributed by atoms with van der Waals surface area (Å²) in [5, 5.41) is 15.8. The van der Waals surface area contributed by atoms with Crippen molar-refractivity contribution in [1.82, 2.24) is 15.5 Å². The topological polar surface area (TPSA) is 81.7 Å². The first-order chi connectivity index (χ1) is 11.8. The van der Waals surface area contributed by atoms with Crippen molar-refractivity contribution >= 4 is 11.9 Å². The van der Waals surface area contributed by atoms with Gasteiger partial charge in [0.15, 0.2) is 0 Å². The fourth-order valence-electron chi connectivity index (χ4n) is 4.00. The van der Waals surface area contributed by atoms with Crippen LogP contribution in [0.2, 0.25) is 0 Å².